The molecule has 1 saturated heterocycles. The van der Waals surface area contributed by atoms with Crippen molar-refractivity contribution in [3.63, 3.8) is 0 Å². The third-order valence-corrected chi connectivity index (χ3v) is 6.02. The number of amides is 2. The van der Waals surface area contributed by atoms with Gasteiger partial charge in [-0.2, -0.15) is 0 Å². The largest absolute Gasteiger partial charge is 0.361 e. The van der Waals surface area contributed by atoms with E-state index in [0.717, 1.165) is 36.0 Å². The standard InChI is InChI=1S/C23H27N3O3/c1-24-22(28)23(16-26(12-13-29-23)21(27)19-5-3-6-19)15-17-4-2-7-20(14-17)18-8-10-25-11-9-18/h2,4,7-11,14,19H,3,5-6,12-13,15-16H2,1H3,(H,24,28)/t23-/m0/s1. The van der Waals surface area contributed by atoms with Gasteiger partial charge in [-0.25, -0.2) is 0 Å². The Bertz CT molecular complexity index is 882. The second kappa shape index (κ2) is 8.33. The molecular formula is C23H27N3O3. The number of morpholine rings is 1. The average Bonchev–Trinajstić information content (AvgIpc) is 2.73. The molecular weight excluding hydrogens is 366 g/mol. The number of benzene rings is 1. The van der Waals surface area contributed by atoms with Crippen molar-refractivity contribution in [3.05, 3.63) is 54.4 Å². The Labute approximate surface area is 171 Å². The molecule has 1 saturated carbocycles. The van der Waals surface area contributed by atoms with Gasteiger partial charge in [-0.05, 0) is 41.7 Å². The molecule has 2 fully saturated rings. The Kier molecular flexibility index (Phi) is 5.62. The Balaban J connectivity index is 1.59. The van der Waals surface area contributed by atoms with Gasteiger partial charge in [0.05, 0.1) is 13.2 Å². The molecule has 6 nitrogen and oxygen atoms in total. The molecule has 2 aliphatic rings. The van der Waals surface area contributed by atoms with Crippen molar-refractivity contribution in [1.29, 1.82) is 0 Å². The summed E-state index contributed by atoms with van der Waals surface area (Å²) in [6.45, 7) is 1.21. The highest BCUT2D eigenvalue weighted by molar-refractivity contribution is 5.87. The fourth-order valence-electron chi connectivity index (χ4n) is 4.17. The summed E-state index contributed by atoms with van der Waals surface area (Å²) in [5.41, 5.74) is 2.07. The van der Waals surface area contributed by atoms with E-state index in [-0.39, 0.29) is 17.7 Å². The van der Waals surface area contributed by atoms with E-state index in [1.807, 2.05) is 35.2 Å². The lowest BCUT2D eigenvalue weighted by Crippen LogP contribution is -2.62. The summed E-state index contributed by atoms with van der Waals surface area (Å²) in [6.07, 6.45) is 6.97. The molecule has 1 aromatic carbocycles. The molecule has 0 bridgehead atoms. The van der Waals surface area contributed by atoms with Crippen LogP contribution in [0.25, 0.3) is 11.1 Å². The predicted molar refractivity (Wildman–Crippen MR) is 110 cm³/mol. The number of carbonyl (C=O) groups is 2. The van der Waals surface area contributed by atoms with Crippen molar-refractivity contribution in [2.45, 2.75) is 31.3 Å². The molecule has 0 radical (unpaired) electrons. The first-order valence-electron chi connectivity index (χ1n) is 10.3. The van der Waals surface area contributed by atoms with Crippen LogP contribution >= 0.6 is 0 Å². The minimum absolute atomic E-state index is 0.116. The maximum Gasteiger partial charge on any atom is 0.254 e. The van der Waals surface area contributed by atoms with Gasteiger partial charge in [-0.15, -0.1) is 0 Å². The first kappa shape index (κ1) is 19.6. The average molecular weight is 393 g/mol. The second-order valence-corrected chi connectivity index (χ2v) is 7.92. The van der Waals surface area contributed by atoms with Crippen molar-refractivity contribution < 1.29 is 14.3 Å². The summed E-state index contributed by atoms with van der Waals surface area (Å²) in [6, 6.07) is 12.0. The van der Waals surface area contributed by atoms with E-state index < -0.39 is 5.60 Å². The molecule has 2 aromatic rings. The monoisotopic (exact) mass is 393 g/mol. The van der Waals surface area contributed by atoms with Crippen LogP contribution in [0, 0.1) is 5.92 Å². The summed E-state index contributed by atoms with van der Waals surface area (Å²) in [5, 5.41) is 2.75. The molecule has 29 heavy (non-hydrogen) atoms. The van der Waals surface area contributed by atoms with Crippen molar-refractivity contribution in [1.82, 2.24) is 15.2 Å². The molecule has 152 valence electrons. The van der Waals surface area contributed by atoms with Crippen LogP contribution in [0.15, 0.2) is 48.8 Å². The normalized spacial score (nSPS) is 22.0. The molecule has 4 rings (SSSR count). The minimum Gasteiger partial charge on any atom is -0.361 e. The zero-order valence-electron chi connectivity index (χ0n) is 16.8. The topological polar surface area (TPSA) is 71.5 Å². The third kappa shape index (κ3) is 4.03. The molecule has 1 N–H and O–H groups in total. The van der Waals surface area contributed by atoms with Crippen molar-refractivity contribution in [2.24, 2.45) is 5.92 Å². The maximum absolute atomic E-state index is 12.9. The maximum atomic E-state index is 12.9. The number of nitrogens with one attached hydrogen (secondary N) is 1. The number of likely N-dealkylation sites (N-methyl/N-ethyl adjacent to an activating group) is 1. The Morgan fingerprint density at radius 2 is 2.00 bits per heavy atom. The minimum atomic E-state index is -1.07. The summed E-state index contributed by atoms with van der Waals surface area (Å²) >= 11 is 0. The lowest BCUT2D eigenvalue weighted by atomic mass is 9.83. The quantitative estimate of drug-likeness (QED) is 0.847. The van der Waals surface area contributed by atoms with E-state index in [1.165, 1.54) is 0 Å². The van der Waals surface area contributed by atoms with Crippen LogP contribution in [-0.4, -0.2) is 54.0 Å². The number of nitrogens with zero attached hydrogens (tertiary/aromatic N) is 2. The molecule has 6 heteroatoms. The fourth-order valence-corrected chi connectivity index (χ4v) is 4.17. The van der Waals surface area contributed by atoms with Crippen molar-refractivity contribution >= 4 is 11.8 Å². The van der Waals surface area contributed by atoms with Gasteiger partial charge in [0, 0.05) is 38.3 Å². The zero-order valence-corrected chi connectivity index (χ0v) is 16.8. The van der Waals surface area contributed by atoms with Crippen LogP contribution in [0.1, 0.15) is 24.8 Å². The van der Waals surface area contributed by atoms with Gasteiger partial charge in [-0.3, -0.25) is 14.6 Å². The number of rotatable bonds is 5. The summed E-state index contributed by atoms with van der Waals surface area (Å²) in [7, 11) is 1.62. The highest BCUT2D eigenvalue weighted by Gasteiger charge is 2.45. The van der Waals surface area contributed by atoms with Crippen molar-refractivity contribution in [2.75, 3.05) is 26.7 Å². The van der Waals surface area contributed by atoms with Crippen LogP contribution in [0.5, 0.6) is 0 Å². The van der Waals surface area contributed by atoms with Gasteiger partial charge in [-0.1, -0.05) is 30.7 Å². The number of carbonyl (C=O) groups excluding carboxylic acids is 2. The van der Waals surface area contributed by atoms with E-state index in [9.17, 15) is 9.59 Å². The van der Waals surface area contributed by atoms with Gasteiger partial charge >= 0.3 is 0 Å². The first-order chi connectivity index (χ1) is 14.1. The van der Waals surface area contributed by atoms with Gasteiger partial charge in [0.25, 0.3) is 5.91 Å². The van der Waals surface area contributed by atoms with Crippen LogP contribution in [-0.2, 0) is 20.7 Å². The third-order valence-electron chi connectivity index (χ3n) is 6.02. The Morgan fingerprint density at radius 3 is 2.69 bits per heavy atom. The smallest absolute Gasteiger partial charge is 0.254 e. The number of hydrogen-bond acceptors (Lipinski definition) is 4. The van der Waals surface area contributed by atoms with E-state index >= 15 is 0 Å². The molecule has 1 aliphatic heterocycles. The van der Waals surface area contributed by atoms with E-state index in [0.29, 0.717) is 26.1 Å². The van der Waals surface area contributed by atoms with E-state index in [1.54, 1.807) is 19.4 Å². The van der Waals surface area contributed by atoms with Crippen LogP contribution in [0.2, 0.25) is 0 Å². The number of hydrogen-bond donors (Lipinski definition) is 1. The van der Waals surface area contributed by atoms with Crippen LogP contribution < -0.4 is 5.32 Å². The zero-order chi connectivity index (χ0) is 20.3. The van der Waals surface area contributed by atoms with Gasteiger partial charge in [0.1, 0.15) is 0 Å². The van der Waals surface area contributed by atoms with Gasteiger partial charge in [0.15, 0.2) is 5.60 Å². The van der Waals surface area contributed by atoms with Crippen molar-refractivity contribution in [3.8, 4) is 11.1 Å². The highest BCUT2D eigenvalue weighted by Crippen LogP contribution is 2.32. The molecule has 1 aliphatic carbocycles. The lowest BCUT2D eigenvalue weighted by molar-refractivity contribution is -0.168. The molecule has 2 amide bonds. The molecule has 1 aromatic heterocycles. The van der Waals surface area contributed by atoms with Crippen LogP contribution in [0.3, 0.4) is 0 Å². The van der Waals surface area contributed by atoms with Crippen LogP contribution in [0.4, 0.5) is 0 Å². The summed E-state index contributed by atoms with van der Waals surface area (Å²) in [5.74, 6) is 0.0989. The number of aromatic nitrogens is 1. The molecule has 0 unspecified atom stereocenters. The first-order valence-corrected chi connectivity index (χ1v) is 10.3. The fraction of sp³-hybridized carbons (Fsp3) is 0.435. The molecule has 2 heterocycles. The SMILES string of the molecule is CNC(=O)[C@]1(Cc2cccc(-c3ccncc3)c2)CN(C(=O)C2CCC2)CCO1. The summed E-state index contributed by atoms with van der Waals surface area (Å²) in [4.78, 5) is 31.6. The highest BCUT2D eigenvalue weighted by atomic mass is 16.5. The summed E-state index contributed by atoms with van der Waals surface area (Å²) < 4.78 is 6.06. The van der Waals surface area contributed by atoms with Gasteiger partial charge < -0.3 is 15.0 Å². The number of pyridine rings is 1. The Hall–Kier alpha value is -2.73. The molecule has 0 spiro atoms. The second-order valence-electron chi connectivity index (χ2n) is 7.92. The van der Waals surface area contributed by atoms with E-state index in [4.69, 9.17) is 4.74 Å². The predicted octanol–water partition coefficient (Wildman–Crippen LogP) is 2.43. The molecule has 1 atom stereocenters. The van der Waals surface area contributed by atoms with E-state index in [2.05, 4.69) is 16.4 Å². The Morgan fingerprint density at radius 1 is 1.21 bits per heavy atom. The lowest BCUT2D eigenvalue weighted by Gasteiger charge is -2.43. The number of ether oxygens (including phenoxy) is 1. The van der Waals surface area contributed by atoms with Gasteiger partial charge in [0.2, 0.25) is 5.91 Å².